The van der Waals surface area contributed by atoms with Crippen LogP contribution in [0.3, 0.4) is 0 Å². The van der Waals surface area contributed by atoms with Gasteiger partial charge in [-0.05, 0) is 331 Å². The Morgan fingerprint density at radius 1 is 0.229 bits per heavy atom. The van der Waals surface area contributed by atoms with Crippen LogP contribution in [0.1, 0.15) is 39.3 Å². The van der Waals surface area contributed by atoms with Crippen molar-refractivity contribution < 1.29 is 13.2 Å². The van der Waals surface area contributed by atoms with Gasteiger partial charge in [0.25, 0.3) is 0 Å². The molecule has 4 aliphatic carbocycles. The predicted molar refractivity (Wildman–Crippen MR) is 285 cm³/mol. The lowest BCUT2D eigenvalue weighted by molar-refractivity contribution is -0.137. The smallest absolute Gasteiger partial charge is 0.166 e. The fourth-order valence-corrected chi connectivity index (χ4v) is 24.6. The molecule has 0 bridgehead atoms. The third-order valence-corrected chi connectivity index (χ3v) is 24.8. The molecule has 0 nitrogen and oxygen atoms in total. The number of hydrogen-bond acceptors (Lipinski definition) is 0. The fraction of sp³-hybridized carbons (Fsp3) is 0.0448. The summed E-state index contributed by atoms with van der Waals surface area (Å²) in [5.74, 6) is -0.0464. The number of halogens is 3. The van der Waals surface area contributed by atoms with Crippen LogP contribution < -0.4 is 0 Å². The topological polar surface area (TPSA) is 0 Å². The minimum atomic E-state index is -4.43. The molecular formula is C67H5F3. The van der Waals surface area contributed by atoms with E-state index in [1.165, 1.54) is 174 Å². The monoisotopic (exact) mass is 866 g/mol. The van der Waals surface area contributed by atoms with Gasteiger partial charge >= 0.3 is 6.18 Å². The molecule has 0 unspecified atom stereocenters. The highest BCUT2D eigenvalue weighted by molar-refractivity contribution is 6.82. The standard InChI is InChI=1S/C67H5F3/c68-67(69,70)6-3-1-5(2-4-6)66-63-59-53-39-31-23-11-8-7-9-12(11)24-26-22-16(9)18-14-10(7)13-17-15(8)21-25(23)37(39)45-43-29(21)27(17)35-33-19(13)20(14)34-36-28(18)30(22)44-46-38(26)40(32(24)31)54(53)60(63)56(46)58-50(44)48(36)52-42(34)41(33)51-47(35)49(43)57(55(45)59)64(66)61(51)62(52)65(58)66/h1-4,63H. The lowest BCUT2D eigenvalue weighted by Crippen LogP contribution is -2.38. The molecule has 0 saturated carbocycles. The Kier molecular flexibility index (Phi) is 2.21. The second-order valence-corrected chi connectivity index (χ2v) is 25.1. The van der Waals surface area contributed by atoms with E-state index in [1.807, 2.05) is 12.1 Å². The highest BCUT2D eigenvalue weighted by Crippen LogP contribution is 2.84. The lowest BCUT2D eigenvalue weighted by atomic mass is 9.55. The molecule has 0 aliphatic heterocycles. The van der Waals surface area contributed by atoms with E-state index in [1.54, 1.807) is 151 Å². The van der Waals surface area contributed by atoms with Gasteiger partial charge in [0.15, 0.2) is 0 Å². The Balaban J connectivity index is 1.17. The van der Waals surface area contributed by atoms with Gasteiger partial charge in [-0.3, -0.25) is 0 Å². The van der Waals surface area contributed by atoms with E-state index in [0.717, 1.165) is 5.56 Å². The zero-order valence-corrected chi connectivity index (χ0v) is 35.0. The second kappa shape index (κ2) is 5.89. The van der Waals surface area contributed by atoms with Crippen LogP contribution in [0.15, 0.2) is 24.3 Å². The molecule has 0 spiro atoms. The number of benzene rings is 19. The van der Waals surface area contributed by atoms with Crippen LogP contribution in [-0.2, 0) is 11.6 Å². The highest BCUT2D eigenvalue weighted by Gasteiger charge is 2.63. The van der Waals surface area contributed by atoms with Crippen molar-refractivity contribution in [3.05, 3.63) is 57.6 Å². The van der Waals surface area contributed by atoms with Gasteiger partial charge in [0.2, 0.25) is 0 Å². The van der Waals surface area contributed by atoms with Crippen LogP contribution >= 0.6 is 0 Å². The molecule has 0 N–H and O–H groups in total. The summed E-state index contributed by atoms with van der Waals surface area (Å²) in [6, 6.07) is 6.83. The first-order valence-electron chi connectivity index (χ1n) is 25.5. The molecule has 0 saturated heterocycles. The average Bonchev–Trinajstić information content (AvgIpc) is 4.31. The van der Waals surface area contributed by atoms with Crippen molar-refractivity contribution in [3.8, 4) is 0 Å². The average molecular weight is 867 g/mol. The van der Waals surface area contributed by atoms with E-state index in [9.17, 15) is 13.2 Å². The Labute approximate surface area is 377 Å². The van der Waals surface area contributed by atoms with Crippen molar-refractivity contribution in [2.24, 2.45) is 0 Å². The van der Waals surface area contributed by atoms with Crippen LogP contribution in [0.5, 0.6) is 0 Å². The van der Waals surface area contributed by atoms with Crippen molar-refractivity contribution in [1.29, 1.82) is 0 Å². The Bertz CT molecular complexity index is 7150. The Hall–Kier alpha value is -8.53. The van der Waals surface area contributed by atoms with Crippen molar-refractivity contribution >= 4 is 291 Å². The first-order valence-corrected chi connectivity index (χ1v) is 25.5. The number of alkyl halides is 3. The van der Waals surface area contributed by atoms with Crippen LogP contribution in [0, 0.1) is 0 Å². The van der Waals surface area contributed by atoms with Crippen molar-refractivity contribution in [2.45, 2.75) is 17.5 Å². The summed E-state index contributed by atoms with van der Waals surface area (Å²) in [6.07, 6.45) is -4.43. The maximum atomic E-state index is 14.9. The van der Waals surface area contributed by atoms with Crippen LogP contribution in [0.4, 0.5) is 13.2 Å². The summed E-state index contributed by atoms with van der Waals surface area (Å²) < 4.78 is 44.8. The highest BCUT2D eigenvalue weighted by atomic mass is 19.4. The number of hydrogen-bond donors (Lipinski definition) is 0. The van der Waals surface area contributed by atoms with Gasteiger partial charge in [0.05, 0.1) is 11.0 Å². The normalized spacial score (nSPS) is 21.0. The molecule has 0 atom stereocenters. The molecule has 29 aromatic rings. The minimum Gasteiger partial charge on any atom is -0.166 e. The summed E-state index contributed by atoms with van der Waals surface area (Å²) in [6.45, 7) is 0. The fourth-order valence-electron chi connectivity index (χ4n) is 24.6. The van der Waals surface area contributed by atoms with E-state index < -0.39 is 17.2 Å². The summed E-state index contributed by atoms with van der Waals surface area (Å²) in [4.78, 5) is 0. The van der Waals surface area contributed by atoms with Crippen molar-refractivity contribution in [2.75, 3.05) is 0 Å². The van der Waals surface area contributed by atoms with E-state index in [-0.39, 0.29) is 5.92 Å². The first kappa shape index (κ1) is 26.3. The quantitative estimate of drug-likeness (QED) is 0.144. The van der Waals surface area contributed by atoms with Gasteiger partial charge in [0.1, 0.15) is 0 Å². The SMILES string of the molecule is FC(F)(F)c1ccc(C23c4c5c6c7c8c9c(c%10c%11c2c2c4c4c%12c5c5c6c6c8c8c%13c9c9c%10c%10c%11c%11c2c2c4c4c%12c%12c5c5c6c8c6c8c%13c9c9c%10c%10c%11c2c2c4c4c%12c5c6c5c8c9c%10c2c45)C73)cc1. The predicted octanol–water partition coefficient (Wildman–Crippen LogP) is 19.2. The molecule has 70 heavy (non-hydrogen) atoms. The maximum Gasteiger partial charge on any atom is 0.416 e. The van der Waals surface area contributed by atoms with E-state index in [0.29, 0.717) is 0 Å². The molecule has 0 heterocycles. The molecular weight excluding hydrogens is 862 g/mol. The van der Waals surface area contributed by atoms with Crippen molar-refractivity contribution in [1.82, 2.24) is 0 Å². The van der Waals surface area contributed by atoms with Gasteiger partial charge in [-0.25, -0.2) is 0 Å². The van der Waals surface area contributed by atoms with Gasteiger partial charge in [-0.1, -0.05) is 12.1 Å². The summed E-state index contributed by atoms with van der Waals surface area (Å²) in [5.41, 5.74) is 5.75. The maximum absolute atomic E-state index is 14.9. The summed E-state index contributed by atoms with van der Waals surface area (Å²) >= 11 is 0. The van der Waals surface area contributed by atoms with E-state index >= 15 is 0 Å². The van der Waals surface area contributed by atoms with E-state index in [2.05, 4.69) is 0 Å². The Morgan fingerprint density at radius 2 is 0.400 bits per heavy atom. The lowest BCUT2D eigenvalue weighted by Gasteiger charge is -2.46. The Morgan fingerprint density at radius 3 is 0.614 bits per heavy atom. The van der Waals surface area contributed by atoms with Crippen LogP contribution in [0.25, 0.3) is 291 Å². The van der Waals surface area contributed by atoms with Crippen molar-refractivity contribution in [3.63, 3.8) is 0 Å². The summed E-state index contributed by atoms with van der Waals surface area (Å²) in [7, 11) is 0. The number of rotatable bonds is 1. The zero-order chi connectivity index (χ0) is 42.0. The molecule has 4 aliphatic rings. The largest absolute Gasteiger partial charge is 0.416 e. The first-order chi connectivity index (χ1) is 34.6. The molecule has 29 aromatic carbocycles. The molecule has 0 aromatic heterocycles. The minimum absolute atomic E-state index is 0.0464. The third kappa shape index (κ3) is 1.41. The van der Waals surface area contributed by atoms with Gasteiger partial charge in [-0.15, -0.1) is 0 Å². The molecule has 3 heteroatoms. The molecule has 0 radical (unpaired) electrons. The van der Waals surface area contributed by atoms with Gasteiger partial charge < -0.3 is 0 Å². The molecule has 33 rings (SSSR count). The second-order valence-electron chi connectivity index (χ2n) is 25.1. The van der Waals surface area contributed by atoms with E-state index in [4.69, 9.17) is 0 Å². The molecule has 0 fully saturated rings. The summed E-state index contributed by atoms with van der Waals surface area (Å²) in [5, 5.41) is 83.0. The van der Waals surface area contributed by atoms with Gasteiger partial charge in [-0.2, -0.15) is 13.2 Å². The zero-order valence-electron chi connectivity index (χ0n) is 35.0. The van der Waals surface area contributed by atoms with Gasteiger partial charge in [0, 0.05) is 5.92 Å². The third-order valence-electron chi connectivity index (χ3n) is 24.8. The van der Waals surface area contributed by atoms with Crippen LogP contribution in [-0.4, -0.2) is 0 Å². The van der Waals surface area contributed by atoms with Crippen LogP contribution in [0.2, 0.25) is 0 Å². The molecule has 294 valence electrons. The molecule has 0 amide bonds.